The number of likely N-dealkylation sites (N-methyl/N-ethyl adjacent to an activating group) is 1. The summed E-state index contributed by atoms with van der Waals surface area (Å²) in [6.07, 6.45) is 3.26. The van der Waals surface area contributed by atoms with Crippen LogP contribution in [-0.2, 0) is 17.6 Å². The molecule has 1 aliphatic heterocycles. The van der Waals surface area contributed by atoms with Crippen molar-refractivity contribution >= 4 is 16.6 Å². The van der Waals surface area contributed by atoms with E-state index in [-0.39, 0.29) is 6.04 Å². The molecule has 6 heteroatoms. The zero-order valence-electron chi connectivity index (χ0n) is 15.8. The smallest absolute Gasteiger partial charge is 0.162 e. The Kier molecular flexibility index (Phi) is 4.87. The van der Waals surface area contributed by atoms with E-state index in [1.807, 2.05) is 12.1 Å². The van der Waals surface area contributed by atoms with Crippen molar-refractivity contribution in [2.24, 2.45) is 0 Å². The molecular weight excluding hydrogens is 330 g/mol. The van der Waals surface area contributed by atoms with Crippen molar-refractivity contribution in [1.82, 2.24) is 9.88 Å². The third kappa shape index (κ3) is 3.19. The Hall–Kier alpha value is -2.05. The Labute approximate surface area is 154 Å². The lowest BCUT2D eigenvalue weighted by molar-refractivity contribution is 0.140. The number of aryl methyl sites for hydroxylation is 1. The molecule has 0 unspecified atom stereocenters. The van der Waals surface area contributed by atoms with Crippen molar-refractivity contribution in [3.8, 4) is 11.5 Å². The number of ether oxygens (including phenoxy) is 3. The third-order valence-electron chi connectivity index (χ3n) is 5.33. The molecule has 0 amide bonds. The molecule has 1 aromatic heterocycles. The Bertz CT molecular complexity index is 809. The van der Waals surface area contributed by atoms with Crippen LogP contribution < -0.4 is 14.8 Å². The van der Waals surface area contributed by atoms with Gasteiger partial charge in [-0.3, -0.25) is 4.98 Å². The number of fused-ring (bicyclic) bond motifs is 2. The van der Waals surface area contributed by atoms with Crippen LogP contribution in [0.25, 0.3) is 10.9 Å². The number of aromatic nitrogens is 1. The molecule has 1 fully saturated rings. The van der Waals surface area contributed by atoms with Gasteiger partial charge in [-0.1, -0.05) is 0 Å². The molecule has 2 heterocycles. The first-order valence-corrected chi connectivity index (χ1v) is 9.30. The molecule has 26 heavy (non-hydrogen) atoms. The van der Waals surface area contributed by atoms with Crippen molar-refractivity contribution in [2.45, 2.75) is 25.3 Å². The number of nitrogens with zero attached hydrogens (tertiary/aromatic N) is 2. The summed E-state index contributed by atoms with van der Waals surface area (Å²) in [5, 5.41) is 4.87. The predicted octanol–water partition coefficient (Wildman–Crippen LogP) is 2.48. The Morgan fingerprint density at radius 2 is 2.00 bits per heavy atom. The first-order valence-electron chi connectivity index (χ1n) is 9.30. The van der Waals surface area contributed by atoms with E-state index >= 15 is 0 Å². The first kappa shape index (κ1) is 17.4. The molecule has 1 N–H and O–H groups in total. The van der Waals surface area contributed by atoms with E-state index in [1.165, 1.54) is 16.9 Å². The fraction of sp³-hybridized carbons (Fsp3) is 0.550. The fourth-order valence-electron chi connectivity index (χ4n) is 4.01. The van der Waals surface area contributed by atoms with Gasteiger partial charge in [0.1, 0.15) is 0 Å². The molecule has 4 rings (SSSR count). The van der Waals surface area contributed by atoms with Gasteiger partial charge in [0.05, 0.1) is 39.0 Å². The lowest BCUT2D eigenvalue weighted by atomic mass is 10.0. The number of rotatable bonds is 4. The van der Waals surface area contributed by atoms with E-state index in [1.54, 1.807) is 14.2 Å². The monoisotopic (exact) mass is 357 g/mol. The summed E-state index contributed by atoms with van der Waals surface area (Å²) in [6.45, 7) is 3.44. The predicted molar refractivity (Wildman–Crippen MR) is 103 cm³/mol. The first-order chi connectivity index (χ1) is 12.7. The highest BCUT2D eigenvalue weighted by atomic mass is 16.5. The van der Waals surface area contributed by atoms with Gasteiger partial charge in [-0.05, 0) is 37.9 Å². The van der Waals surface area contributed by atoms with Crippen molar-refractivity contribution in [2.75, 3.05) is 52.9 Å². The Morgan fingerprint density at radius 3 is 2.81 bits per heavy atom. The van der Waals surface area contributed by atoms with Crippen LogP contribution in [0, 0.1) is 0 Å². The SMILES string of the molecule is COc1cc2nc3c(c(N[C@@H]4COCCN(C)C4)c2cc1OC)CCC3. The maximum Gasteiger partial charge on any atom is 0.162 e. The van der Waals surface area contributed by atoms with Crippen LogP contribution in [0.2, 0.25) is 0 Å². The van der Waals surface area contributed by atoms with Crippen molar-refractivity contribution in [1.29, 1.82) is 0 Å². The fourth-order valence-corrected chi connectivity index (χ4v) is 4.01. The second-order valence-electron chi connectivity index (χ2n) is 7.17. The van der Waals surface area contributed by atoms with E-state index in [0.29, 0.717) is 5.75 Å². The summed E-state index contributed by atoms with van der Waals surface area (Å²) in [5.74, 6) is 1.45. The molecule has 0 radical (unpaired) electrons. The van der Waals surface area contributed by atoms with E-state index < -0.39 is 0 Å². The van der Waals surface area contributed by atoms with Gasteiger partial charge in [-0.2, -0.15) is 0 Å². The van der Waals surface area contributed by atoms with Gasteiger partial charge in [0.15, 0.2) is 11.5 Å². The number of anilines is 1. The second-order valence-corrected chi connectivity index (χ2v) is 7.17. The quantitative estimate of drug-likeness (QED) is 0.907. The molecule has 6 nitrogen and oxygen atoms in total. The van der Waals surface area contributed by atoms with Crippen LogP contribution in [0.1, 0.15) is 17.7 Å². The van der Waals surface area contributed by atoms with Gasteiger partial charge in [0.25, 0.3) is 0 Å². The van der Waals surface area contributed by atoms with Crippen molar-refractivity contribution in [3.63, 3.8) is 0 Å². The summed E-state index contributed by atoms with van der Waals surface area (Å²) in [4.78, 5) is 7.23. The zero-order chi connectivity index (χ0) is 18.1. The van der Waals surface area contributed by atoms with Crippen LogP contribution >= 0.6 is 0 Å². The minimum atomic E-state index is 0.255. The largest absolute Gasteiger partial charge is 0.493 e. The van der Waals surface area contributed by atoms with Crippen LogP contribution in [0.15, 0.2) is 12.1 Å². The molecule has 0 bridgehead atoms. The summed E-state index contributed by atoms with van der Waals surface area (Å²) in [6, 6.07) is 4.28. The maximum atomic E-state index is 5.80. The minimum Gasteiger partial charge on any atom is -0.493 e. The summed E-state index contributed by atoms with van der Waals surface area (Å²) in [7, 11) is 5.48. The molecule has 1 saturated heterocycles. The highest BCUT2D eigenvalue weighted by molar-refractivity contribution is 5.96. The van der Waals surface area contributed by atoms with Gasteiger partial charge in [-0.15, -0.1) is 0 Å². The van der Waals surface area contributed by atoms with E-state index in [4.69, 9.17) is 19.2 Å². The van der Waals surface area contributed by atoms with Gasteiger partial charge in [0.2, 0.25) is 0 Å². The average molecular weight is 357 g/mol. The van der Waals surface area contributed by atoms with Crippen molar-refractivity contribution < 1.29 is 14.2 Å². The minimum absolute atomic E-state index is 0.255. The number of benzene rings is 1. The lowest BCUT2D eigenvalue weighted by Crippen LogP contribution is -2.35. The summed E-state index contributed by atoms with van der Waals surface area (Å²) >= 11 is 0. The van der Waals surface area contributed by atoms with Crippen molar-refractivity contribution in [3.05, 3.63) is 23.4 Å². The van der Waals surface area contributed by atoms with Gasteiger partial charge >= 0.3 is 0 Å². The van der Waals surface area contributed by atoms with Crippen LogP contribution in [-0.4, -0.2) is 63.5 Å². The highest BCUT2D eigenvalue weighted by Gasteiger charge is 2.24. The zero-order valence-corrected chi connectivity index (χ0v) is 15.8. The van der Waals surface area contributed by atoms with Crippen LogP contribution in [0.5, 0.6) is 11.5 Å². The maximum absolute atomic E-state index is 5.80. The summed E-state index contributed by atoms with van der Waals surface area (Å²) < 4.78 is 16.8. The number of methoxy groups -OCH3 is 2. The van der Waals surface area contributed by atoms with Gasteiger partial charge < -0.3 is 24.4 Å². The third-order valence-corrected chi connectivity index (χ3v) is 5.33. The van der Waals surface area contributed by atoms with Gasteiger partial charge in [-0.25, -0.2) is 0 Å². The molecule has 0 spiro atoms. The molecule has 1 atom stereocenters. The highest BCUT2D eigenvalue weighted by Crippen LogP contribution is 2.39. The van der Waals surface area contributed by atoms with E-state index in [9.17, 15) is 0 Å². The molecule has 0 saturated carbocycles. The number of hydrogen-bond donors (Lipinski definition) is 1. The lowest BCUT2D eigenvalue weighted by Gasteiger charge is -2.24. The number of nitrogens with one attached hydrogen (secondary N) is 1. The summed E-state index contributed by atoms with van der Waals surface area (Å²) in [5.41, 5.74) is 4.69. The Morgan fingerprint density at radius 1 is 1.19 bits per heavy atom. The number of hydrogen-bond acceptors (Lipinski definition) is 6. The molecule has 1 aromatic carbocycles. The molecule has 140 valence electrons. The Balaban J connectivity index is 1.80. The van der Waals surface area contributed by atoms with Gasteiger partial charge in [0, 0.05) is 35.9 Å². The standard InChI is InChI=1S/C20H27N3O3/c1-23-7-8-26-12-13(11-23)21-20-14-5-4-6-16(14)22-17-10-19(25-3)18(24-2)9-15(17)20/h9-10,13H,4-8,11-12H2,1-3H3,(H,21,22)/t13-/m0/s1. The molecule has 2 aromatic rings. The van der Waals surface area contributed by atoms with Crippen LogP contribution in [0.3, 0.4) is 0 Å². The molecule has 1 aliphatic carbocycles. The molecule has 2 aliphatic rings. The topological polar surface area (TPSA) is 55.8 Å². The average Bonchev–Trinajstić information content (AvgIpc) is 3.02. The second kappa shape index (κ2) is 7.29. The number of pyridine rings is 1. The van der Waals surface area contributed by atoms with E-state index in [0.717, 1.165) is 62.2 Å². The molecular formula is C20H27N3O3. The van der Waals surface area contributed by atoms with E-state index in [2.05, 4.69) is 17.3 Å². The normalized spacial score (nSPS) is 20.7. The van der Waals surface area contributed by atoms with Crippen LogP contribution in [0.4, 0.5) is 5.69 Å².